The van der Waals surface area contributed by atoms with Gasteiger partial charge in [-0.2, -0.15) is 0 Å². The molecule has 1 aliphatic carbocycles. The monoisotopic (exact) mass is 326 g/mol. The summed E-state index contributed by atoms with van der Waals surface area (Å²) in [4.78, 5) is 25.6. The Labute approximate surface area is 136 Å². The van der Waals surface area contributed by atoms with Crippen LogP contribution in [-0.4, -0.2) is 11.6 Å². The first-order valence-corrected chi connectivity index (χ1v) is 7.43. The van der Waals surface area contributed by atoms with Gasteiger partial charge >= 0.3 is 0 Å². The first kappa shape index (κ1) is 13.5. The van der Waals surface area contributed by atoms with Crippen LogP contribution in [0.4, 0.5) is 0 Å². The van der Waals surface area contributed by atoms with E-state index in [1.807, 2.05) is 30.3 Å². The molecule has 0 fully saturated rings. The fourth-order valence-electron chi connectivity index (χ4n) is 2.91. The lowest BCUT2D eigenvalue weighted by atomic mass is 9.82. The zero-order valence-electron chi connectivity index (χ0n) is 11.2. The van der Waals surface area contributed by atoms with E-state index in [9.17, 15) is 9.59 Å². The van der Waals surface area contributed by atoms with Crippen molar-refractivity contribution in [3.05, 3.63) is 80.8 Å². The molecule has 0 aliphatic heterocycles. The minimum atomic E-state index is -0.200. The van der Waals surface area contributed by atoms with E-state index in [2.05, 4.69) is 0 Å². The summed E-state index contributed by atoms with van der Waals surface area (Å²) in [5.41, 5.74) is 1.47. The van der Waals surface area contributed by atoms with Gasteiger partial charge in [-0.15, -0.1) is 0 Å². The van der Waals surface area contributed by atoms with Crippen LogP contribution in [-0.2, 0) is 0 Å². The van der Waals surface area contributed by atoms with Gasteiger partial charge in [0.15, 0.2) is 11.6 Å². The molecule has 0 aromatic heterocycles. The van der Waals surface area contributed by atoms with Crippen molar-refractivity contribution < 1.29 is 9.59 Å². The fraction of sp³-hybridized carbons (Fsp3) is 0. The van der Waals surface area contributed by atoms with Crippen molar-refractivity contribution in [1.82, 2.24) is 0 Å². The van der Waals surface area contributed by atoms with Gasteiger partial charge < -0.3 is 0 Å². The van der Waals surface area contributed by atoms with Crippen LogP contribution in [0.25, 0.3) is 10.8 Å². The molecular weight excluding hydrogens is 319 g/mol. The molecule has 0 saturated heterocycles. The van der Waals surface area contributed by atoms with Crippen molar-refractivity contribution in [2.75, 3.05) is 0 Å². The Kier molecular flexibility index (Phi) is 2.86. The Morgan fingerprint density at radius 3 is 2.05 bits per heavy atom. The van der Waals surface area contributed by atoms with Gasteiger partial charge in [0.2, 0.25) is 0 Å². The number of hydrogen-bond acceptors (Lipinski definition) is 2. The number of fused-ring (bicyclic) bond motifs is 4. The number of carbonyl (C=O) groups excluding carboxylic acids is 2. The van der Waals surface area contributed by atoms with Crippen LogP contribution < -0.4 is 0 Å². The lowest BCUT2D eigenvalue weighted by Crippen LogP contribution is -2.21. The Hall–Kier alpha value is -2.16. The van der Waals surface area contributed by atoms with Crippen LogP contribution in [0.3, 0.4) is 0 Å². The van der Waals surface area contributed by atoms with E-state index in [1.165, 1.54) is 12.1 Å². The largest absolute Gasteiger partial charge is 0.289 e. The maximum absolute atomic E-state index is 12.9. The second kappa shape index (κ2) is 4.67. The standard InChI is InChI=1S/C18H8Cl2O2/c19-14-7-12-13(8-15(14)20)18(22)16-10-4-2-1-3-9(10)5-6-11(16)17(12)21/h1-8H. The Morgan fingerprint density at radius 1 is 0.682 bits per heavy atom. The molecule has 106 valence electrons. The molecule has 0 amide bonds. The van der Waals surface area contributed by atoms with Crippen molar-refractivity contribution in [3.63, 3.8) is 0 Å². The second-order valence-electron chi connectivity index (χ2n) is 5.18. The third kappa shape index (κ3) is 1.75. The predicted octanol–water partition coefficient (Wildman–Crippen LogP) is 4.92. The van der Waals surface area contributed by atoms with Crippen LogP contribution in [0.1, 0.15) is 31.8 Å². The highest BCUT2D eigenvalue weighted by atomic mass is 35.5. The number of halogens is 2. The molecule has 0 spiro atoms. The highest BCUT2D eigenvalue weighted by Gasteiger charge is 2.31. The van der Waals surface area contributed by atoms with Gasteiger partial charge in [-0.05, 0) is 29.0 Å². The SMILES string of the molecule is O=C1c2cc(Cl)c(Cl)cc2C(=O)c2c1ccc1ccccc21. The molecule has 4 heteroatoms. The average Bonchev–Trinajstić information content (AvgIpc) is 2.53. The van der Waals surface area contributed by atoms with Gasteiger partial charge in [-0.25, -0.2) is 0 Å². The predicted molar refractivity (Wildman–Crippen MR) is 87.3 cm³/mol. The maximum Gasteiger partial charge on any atom is 0.195 e. The van der Waals surface area contributed by atoms with Gasteiger partial charge in [0, 0.05) is 22.3 Å². The maximum atomic E-state index is 12.9. The summed E-state index contributed by atoms with van der Waals surface area (Å²) in [6, 6.07) is 14.0. The summed E-state index contributed by atoms with van der Waals surface area (Å²) in [6.45, 7) is 0. The third-order valence-electron chi connectivity index (χ3n) is 3.95. The molecule has 0 saturated carbocycles. The first-order valence-electron chi connectivity index (χ1n) is 6.68. The van der Waals surface area contributed by atoms with Crippen LogP contribution in [0.15, 0.2) is 48.5 Å². The average molecular weight is 327 g/mol. The quantitative estimate of drug-likeness (QED) is 0.459. The molecule has 1 aliphatic rings. The van der Waals surface area contributed by atoms with Crippen LogP contribution >= 0.6 is 23.2 Å². The lowest BCUT2D eigenvalue weighted by Gasteiger charge is -2.19. The van der Waals surface area contributed by atoms with Crippen molar-refractivity contribution in [1.29, 1.82) is 0 Å². The fourth-order valence-corrected chi connectivity index (χ4v) is 3.24. The summed E-state index contributed by atoms with van der Waals surface area (Å²) in [5, 5.41) is 2.23. The number of benzene rings is 3. The normalized spacial score (nSPS) is 13.2. The Morgan fingerprint density at radius 2 is 1.32 bits per heavy atom. The molecule has 0 unspecified atom stereocenters. The van der Waals surface area contributed by atoms with Crippen molar-refractivity contribution >= 4 is 45.5 Å². The minimum absolute atomic E-state index is 0.194. The van der Waals surface area contributed by atoms with Crippen LogP contribution in [0.2, 0.25) is 10.0 Å². The molecule has 3 aromatic rings. The molecule has 2 nitrogen and oxygen atoms in total. The zero-order chi connectivity index (χ0) is 15.4. The number of ketones is 2. The highest BCUT2D eigenvalue weighted by Crippen LogP contribution is 2.36. The minimum Gasteiger partial charge on any atom is -0.289 e. The summed E-state index contributed by atoms with van der Waals surface area (Å²) in [6.07, 6.45) is 0. The van der Waals surface area contributed by atoms with Gasteiger partial charge in [0.25, 0.3) is 0 Å². The van der Waals surface area contributed by atoms with Gasteiger partial charge in [0.1, 0.15) is 0 Å². The zero-order valence-corrected chi connectivity index (χ0v) is 12.7. The van der Waals surface area contributed by atoms with E-state index in [0.717, 1.165) is 10.8 Å². The van der Waals surface area contributed by atoms with Crippen molar-refractivity contribution in [3.8, 4) is 0 Å². The second-order valence-corrected chi connectivity index (χ2v) is 5.99. The molecule has 22 heavy (non-hydrogen) atoms. The van der Waals surface area contributed by atoms with Crippen molar-refractivity contribution in [2.24, 2.45) is 0 Å². The smallest absolute Gasteiger partial charge is 0.195 e. The molecule has 0 N–H and O–H groups in total. The summed E-state index contributed by atoms with van der Waals surface area (Å²) >= 11 is 12.0. The molecule has 0 heterocycles. The van der Waals surface area contributed by atoms with Gasteiger partial charge in [-0.3, -0.25) is 9.59 Å². The molecular formula is C18H8Cl2O2. The number of carbonyl (C=O) groups is 2. The van der Waals surface area contributed by atoms with E-state index in [4.69, 9.17) is 23.2 Å². The van der Waals surface area contributed by atoms with E-state index in [0.29, 0.717) is 22.3 Å². The summed E-state index contributed by atoms with van der Waals surface area (Å²) < 4.78 is 0. The molecule has 3 aromatic carbocycles. The topological polar surface area (TPSA) is 34.1 Å². The third-order valence-corrected chi connectivity index (χ3v) is 4.67. The number of rotatable bonds is 0. The van der Waals surface area contributed by atoms with Gasteiger partial charge in [-0.1, -0.05) is 53.5 Å². The van der Waals surface area contributed by atoms with E-state index < -0.39 is 0 Å². The Bertz CT molecular complexity index is 990. The van der Waals surface area contributed by atoms with Crippen LogP contribution in [0.5, 0.6) is 0 Å². The molecule has 0 bridgehead atoms. The first-order chi connectivity index (χ1) is 10.6. The lowest BCUT2D eigenvalue weighted by molar-refractivity contribution is 0.0980. The summed E-state index contributed by atoms with van der Waals surface area (Å²) in [5.74, 6) is -0.395. The Balaban J connectivity index is 2.10. The van der Waals surface area contributed by atoms with E-state index >= 15 is 0 Å². The van der Waals surface area contributed by atoms with Crippen molar-refractivity contribution in [2.45, 2.75) is 0 Å². The number of hydrogen-bond donors (Lipinski definition) is 0. The molecule has 0 radical (unpaired) electrons. The van der Waals surface area contributed by atoms with Gasteiger partial charge in [0.05, 0.1) is 10.0 Å². The molecule has 0 atom stereocenters. The highest BCUT2D eigenvalue weighted by molar-refractivity contribution is 6.43. The van der Waals surface area contributed by atoms with E-state index in [-0.39, 0.29) is 21.6 Å². The van der Waals surface area contributed by atoms with E-state index in [1.54, 1.807) is 6.07 Å². The molecule has 4 rings (SSSR count). The van der Waals surface area contributed by atoms with Crippen LogP contribution in [0, 0.1) is 0 Å². The summed E-state index contributed by atoms with van der Waals surface area (Å²) in [7, 11) is 0.